The number of ether oxygens (including phenoxy) is 2. The fourth-order valence-electron chi connectivity index (χ4n) is 6.91. The maximum absolute atomic E-state index is 12.9. The summed E-state index contributed by atoms with van der Waals surface area (Å²) in [5.41, 5.74) is 7.93. The van der Waals surface area contributed by atoms with Crippen molar-refractivity contribution in [2.75, 3.05) is 25.5 Å². The van der Waals surface area contributed by atoms with Gasteiger partial charge in [0.15, 0.2) is 5.72 Å². The van der Waals surface area contributed by atoms with Crippen molar-refractivity contribution in [1.82, 2.24) is 4.31 Å². The molecule has 4 N–H and O–H groups in total. The van der Waals surface area contributed by atoms with Crippen molar-refractivity contribution < 1.29 is 34.1 Å². The molecule has 5 atom stereocenters. The predicted molar refractivity (Wildman–Crippen MR) is 268 cm³/mol. The van der Waals surface area contributed by atoms with E-state index in [0.29, 0.717) is 37.7 Å². The van der Waals surface area contributed by atoms with Crippen LogP contribution >= 0.6 is 24.6 Å². The highest BCUT2D eigenvalue weighted by Gasteiger charge is 2.44. The third-order valence-electron chi connectivity index (χ3n) is 11.2. The van der Waals surface area contributed by atoms with E-state index in [0.717, 1.165) is 94.1 Å². The standard InChI is InChI=1S/C23H40N2O4S2.C22H34O3.3C2H6/c1-17-5-2-15-29-23(17,24)21-12-13-25(31-21)20(7-4-16-30)22(27)28-14-3-6-18-8-10-19(26)11-9-18;1-6-17(2)12-10-8-7-9-11-13-18(3)21(24)16-22(25)19(4)14-15-20(5)23;3*1-2/h12,17-20,26,30H,2-11,13-16,24H2,1H3;7-10,12,14,18,22,25H,6,11,13,15-16H2,1-5H3;3*1-2H3/b;9-7+,10-8+,17-12+,19-14+;;;. The highest BCUT2D eigenvalue weighted by atomic mass is 32.2. The second-order valence-electron chi connectivity index (χ2n) is 16.0. The molecule has 0 aromatic carbocycles. The monoisotopic (exact) mass is 909 g/mol. The molecule has 0 aromatic heterocycles. The summed E-state index contributed by atoms with van der Waals surface area (Å²) < 4.78 is 13.8. The molecule has 0 bridgehead atoms. The van der Waals surface area contributed by atoms with Crippen LogP contribution in [0.2, 0.25) is 0 Å². The first-order valence-corrected chi connectivity index (χ1v) is 25.5. The van der Waals surface area contributed by atoms with Crippen LogP contribution < -0.4 is 5.73 Å². The molecule has 62 heavy (non-hydrogen) atoms. The van der Waals surface area contributed by atoms with Gasteiger partial charge in [-0.05, 0) is 133 Å². The number of nitrogens with zero attached hydrogens (tertiary/aromatic N) is 1. The topological polar surface area (TPSA) is 139 Å². The lowest BCUT2D eigenvalue weighted by atomic mass is 9.85. The van der Waals surface area contributed by atoms with Gasteiger partial charge in [-0.2, -0.15) is 12.6 Å². The third kappa shape index (κ3) is 26.1. The van der Waals surface area contributed by atoms with E-state index < -0.39 is 11.8 Å². The molecule has 3 aliphatic rings. The Kier molecular flexibility index (Phi) is 38.4. The Morgan fingerprint density at radius 2 is 1.68 bits per heavy atom. The smallest absolute Gasteiger partial charge is 0.324 e. The van der Waals surface area contributed by atoms with Crippen molar-refractivity contribution in [3.63, 3.8) is 0 Å². The number of nitrogens with two attached hydrogens (primary N) is 1. The number of carbonyl (C=O) groups is 3. The Morgan fingerprint density at radius 1 is 1.02 bits per heavy atom. The molecule has 0 amide bonds. The number of esters is 1. The van der Waals surface area contributed by atoms with Crippen LogP contribution in [0.15, 0.2) is 58.6 Å². The van der Waals surface area contributed by atoms with E-state index in [2.05, 4.69) is 55.9 Å². The van der Waals surface area contributed by atoms with E-state index in [1.54, 1.807) is 24.9 Å². The highest BCUT2D eigenvalue weighted by molar-refractivity contribution is 8.01. The number of Topliss-reactive ketones (excluding diaryl/α,β-unsaturated/α-hetero) is 2. The molecule has 2 aliphatic heterocycles. The molecule has 3 rings (SSSR count). The molecule has 9 nitrogen and oxygen atoms in total. The quantitative estimate of drug-likeness (QED) is 0.0207. The average Bonchev–Trinajstić information content (AvgIpc) is 3.78. The van der Waals surface area contributed by atoms with Gasteiger partial charge >= 0.3 is 5.97 Å². The van der Waals surface area contributed by atoms with E-state index in [9.17, 15) is 24.6 Å². The summed E-state index contributed by atoms with van der Waals surface area (Å²) in [5.74, 6) is 1.54. The number of thiol groups is 1. The fourth-order valence-corrected chi connectivity index (χ4v) is 8.37. The maximum atomic E-state index is 12.9. The van der Waals surface area contributed by atoms with E-state index in [1.807, 2.05) is 66.7 Å². The lowest BCUT2D eigenvalue weighted by Crippen LogP contribution is -2.52. The van der Waals surface area contributed by atoms with Crippen molar-refractivity contribution in [3.05, 3.63) is 58.6 Å². The zero-order chi connectivity index (χ0) is 47.5. The maximum Gasteiger partial charge on any atom is 0.324 e. The van der Waals surface area contributed by atoms with Crippen LogP contribution in [-0.2, 0) is 23.9 Å². The third-order valence-corrected chi connectivity index (χ3v) is 12.9. The molecule has 1 saturated heterocycles. The summed E-state index contributed by atoms with van der Waals surface area (Å²) in [5, 5.41) is 19.7. The van der Waals surface area contributed by atoms with Gasteiger partial charge in [-0.1, -0.05) is 110 Å². The first kappa shape index (κ1) is 62.1. The lowest BCUT2D eigenvalue weighted by molar-refractivity contribution is -0.148. The SMILES string of the molecule is CC.CC.CC.CC/C(C)=C/C=C/C=C/CCC(C)C(=O)CC(O)/C(C)=C/CC(C)=O.CC1CCCOC1(N)C1=CCN(C(CCCS)C(=O)OCCCC2CCC(O)CC2)S1. The van der Waals surface area contributed by atoms with Crippen molar-refractivity contribution in [1.29, 1.82) is 0 Å². The fraction of sp³-hybridized carbons (Fsp3) is 0.745. The van der Waals surface area contributed by atoms with Crippen LogP contribution in [0, 0.1) is 17.8 Å². The average molecular weight is 909 g/mol. The Hall–Kier alpha value is -1.99. The van der Waals surface area contributed by atoms with Gasteiger partial charge in [0, 0.05) is 42.7 Å². The van der Waals surface area contributed by atoms with Crippen molar-refractivity contribution in [2.24, 2.45) is 23.5 Å². The molecule has 0 radical (unpaired) electrons. The zero-order valence-electron chi connectivity index (χ0n) is 41.3. The molecule has 0 aromatic rings. The molecule has 360 valence electrons. The van der Waals surface area contributed by atoms with Gasteiger partial charge in [-0.25, -0.2) is 4.31 Å². The summed E-state index contributed by atoms with van der Waals surface area (Å²) in [7, 11) is 0. The first-order valence-electron chi connectivity index (χ1n) is 24.1. The molecule has 1 saturated carbocycles. The Bertz CT molecular complexity index is 1360. The molecule has 1 aliphatic carbocycles. The number of aliphatic hydroxyl groups is 2. The number of hydrogen-bond acceptors (Lipinski definition) is 11. The molecule has 0 spiro atoms. The van der Waals surface area contributed by atoms with E-state index in [1.165, 1.54) is 12.5 Å². The van der Waals surface area contributed by atoms with Gasteiger partial charge < -0.3 is 19.7 Å². The van der Waals surface area contributed by atoms with Gasteiger partial charge in [-0.3, -0.25) is 20.1 Å². The molecular formula is C51H92N2O7S2. The second-order valence-corrected chi connectivity index (χ2v) is 17.5. The zero-order valence-corrected chi connectivity index (χ0v) is 43.0. The van der Waals surface area contributed by atoms with Gasteiger partial charge in [0.25, 0.3) is 0 Å². The van der Waals surface area contributed by atoms with Gasteiger partial charge in [0.05, 0.1) is 18.8 Å². The number of allylic oxidation sites excluding steroid dienone is 7. The molecule has 5 unspecified atom stereocenters. The highest BCUT2D eigenvalue weighted by Crippen LogP contribution is 2.43. The van der Waals surface area contributed by atoms with Gasteiger partial charge in [-0.15, -0.1) is 0 Å². The Balaban J connectivity index is 0. The predicted octanol–water partition coefficient (Wildman–Crippen LogP) is 12.1. The van der Waals surface area contributed by atoms with Crippen molar-refractivity contribution in [2.45, 2.75) is 203 Å². The largest absolute Gasteiger partial charge is 0.464 e. The number of ketones is 2. The van der Waals surface area contributed by atoms with Crippen LogP contribution in [0.5, 0.6) is 0 Å². The molecule has 2 fully saturated rings. The number of aliphatic hydroxyl groups excluding tert-OH is 2. The minimum Gasteiger partial charge on any atom is -0.464 e. The molecular weight excluding hydrogens is 817 g/mol. The van der Waals surface area contributed by atoms with Crippen LogP contribution in [0.1, 0.15) is 179 Å². The first-order chi connectivity index (χ1) is 29.7. The molecule has 11 heteroatoms. The second kappa shape index (κ2) is 38.3. The van der Waals surface area contributed by atoms with Crippen molar-refractivity contribution in [3.8, 4) is 0 Å². The van der Waals surface area contributed by atoms with Crippen LogP contribution in [0.4, 0.5) is 0 Å². The summed E-state index contributed by atoms with van der Waals surface area (Å²) >= 11 is 5.90. The normalized spacial score (nSPS) is 23.2. The Labute approximate surface area is 389 Å². The summed E-state index contributed by atoms with van der Waals surface area (Å²) in [6.07, 6.45) is 25.8. The van der Waals surface area contributed by atoms with Gasteiger partial charge in [0.2, 0.25) is 0 Å². The van der Waals surface area contributed by atoms with Gasteiger partial charge in [0.1, 0.15) is 17.6 Å². The van der Waals surface area contributed by atoms with E-state index in [-0.39, 0.29) is 47.9 Å². The number of rotatable bonds is 22. The molecule has 2 heterocycles. The minimum atomic E-state index is -0.790. The van der Waals surface area contributed by atoms with Crippen LogP contribution in [-0.4, -0.2) is 81.5 Å². The minimum absolute atomic E-state index is 0.0485. The summed E-state index contributed by atoms with van der Waals surface area (Å²) in [6.45, 7) is 25.4. The number of hydrogen-bond donors (Lipinski definition) is 4. The Morgan fingerprint density at radius 3 is 2.27 bits per heavy atom. The lowest BCUT2D eigenvalue weighted by Gasteiger charge is -2.40. The van der Waals surface area contributed by atoms with Crippen LogP contribution in [0.25, 0.3) is 0 Å². The van der Waals surface area contributed by atoms with Crippen LogP contribution in [0.3, 0.4) is 0 Å². The van der Waals surface area contributed by atoms with E-state index >= 15 is 0 Å². The van der Waals surface area contributed by atoms with Crippen molar-refractivity contribution >= 4 is 42.1 Å². The summed E-state index contributed by atoms with van der Waals surface area (Å²) in [6, 6.07) is -0.293. The van der Waals surface area contributed by atoms with E-state index in [4.69, 9.17) is 15.2 Å². The number of carbonyl (C=O) groups excluding carboxylic acids is 3. The summed E-state index contributed by atoms with van der Waals surface area (Å²) in [4.78, 5) is 37.1.